The molecule has 11 atom stereocenters. The van der Waals surface area contributed by atoms with Gasteiger partial charge in [0.05, 0.1) is 25.4 Å². The van der Waals surface area contributed by atoms with Gasteiger partial charge in [-0.1, -0.05) is 34.6 Å². The number of fused-ring (bicyclic) bond motifs is 2. The first kappa shape index (κ1) is 26.7. The van der Waals surface area contributed by atoms with Crippen LogP contribution in [0.2, 0.25) is 0 Å². The van der Waals surface area contributed by atoms with E-state index in [2.05, 4.69) is 39.9 Å². The number of aliphatic hydroxyl groups excluding tert-OH is 2. The zero-order valence-electron chi connectivity index (χ0n) is 23.7. The quantitative estimate of drug-likeness (QED) is 0.464. The van der Waals surface area contributed by atoms with E-state index in [-0.39, 0.29) is 34.6 Å². The van der Waals surface area contributed by atoms with Crippen LogP contribution in [0.5, 0.6) is 0 Å². The van der Waals surface area contributed by atoms with Crippen molar-refractivity contribution in [1.82, 2.24) is 5.32 Å². The Labute approximate surface area is 218 Å². The highest BCUT2D eigenvalue weighted by molar-refractivity contribution is 5.66. The van der Waals surface area contributed by atoms with E-state index in [9.17, 15) is 15.0 Å². The molecule has 0 saturated heterocycles. The lowest BCUT2D eigenvalue weighted by atomic mass is 9.41. The van der Waals surface area contributed by atoms with Crippen LogP contribution < -0.4 is 5.32 Å². The molecule has 5 saturated carbocycles. The van der Waals surface area contributed by atoms with Crippen molar-refractivity contribution in [3.8, 4) is 0 Å². The van der Waals surface area contributed by atoms with Gasteiger partial charge in [-0.05, 0) is 103 Å². The maximum absolute atomic E-state index is 11.8. The molecule has 5 fully saturated rings. The summed E-state index contributed by atoms with van der Waals surface area (Å²) in [4.78, 5) is 11.6. The highest BCUT2D eigenvalue weighted by atomic mass is 16.5. The zero-order chi connectivity index (χ0) is 26.3. The van der Waals surface area contributed by atoms with Gasteiger partial charge in [0.1, 0.15) is 0 Å². The molecule has 0 aromatic heterocycles. The molecule has 5 rings (SSSR count). The number of carbonyl (C=O) groups is 1. The summed E-state index contributed by atoms with van der Waals surface area (Å²) in [5.41, 5.74) is 0.752. The van der Waals surface area contributed by atoms with Crippen LogP contribution in [0.4, 0.5) is 4.79 Å². The Bertz CT molecular complexity index is 877. The van der Waals surface area contributed by atoms with Gasteiger partial charge in [0.25, 0.3) is 0 Å². The summed E-state index contributed by atoms with van der Waals surface area (Å²) in [6, 6.07) is 0. The number of hydrogen-bond acceptors (Lipinski definition) is 5. The molecule has 0 heterocycles. The summed E-state index contributed by atoms with van der Waals surface area (Å²) in [6.45, 7) is 12.3. The Hall–Kier alpha value is -0.850. The number of methoxy groups -OCH3 is 2. The molecule has 5 aliphatic carbocycles. The predicted octanol–water partition coefficient (Wildman–Crippen LogP) is 5.15. The van der Waals surface area contributed by atoms with Gasteiger partial charge in [-0.2, -0.15) is 0 Å². The molecular weight excluding hydrogens is 454 g/mol. The molecule has 0 aromatic rings. The zero-order valence-corrected chi connectivity index (χ0v) is 23.7. The molecule has 206 valence electrons. The minimum absolute atomic E-state index is 0.00683. The van der Waals surface area contributed by atoms with Crippen molar-refractivity contribution in [2.45, 2.75) is 111 Å². The van der Waals surface area contributed by atoms with E-state index in [0.717, 1.165) is 19.3 Å². The summed E-state index contributed by atoms with van der Waals surface area (Å²) < 4.78 is 10.5. The van der Waals surface area contributed by atoms with Gasteiger partial charge in [-0.3, -0.25) is 0 Å². The lowest BCUT2D eigenvalue weighted by Crippen LogP contribution is -2.59. The van der Waals surface area contributed by atoms with Gasteiger partial charge in [-0.15, -0.1) is 0 Å². The van der Waals surface area contributed by atoms with Crippen molar-refractivity contribution >= 4 is 6.09 Å². The second-order valence-electron chi connectivity index (χ2n) is 14.5. The second-order valence-corrected chi connectivity index (χ2v) is 14.5. The summed E-state index contributed by atoms with van der Waals surface area (Å²) >= 11 is 0. The predicted molar refractivity (Wildman–Crippen MR) is 139 cm³/mol. The Morgan fingerprint density at radius 2 is 1.64 bits per heavy atom. The molecule has 0 aromatic carbocycles. The van der Waals surface area contributed by atoms with Crippen LogP contribution in [0, 0.1) is 50.7 Å². The molecule has 0 bridgehead atoms. The number of carbonyl (C=O) groups excluding carboxylic acids is 1. The molecule has 5 aliphatic rings. The minimum atomic E-state index is -0.425. The molecular formula is C30H51NO5. The molecule has 0 aliphatic heterocycles. The van der Waals surface area contributed by atoms with Gasteiger partial charge in [-0.25, -0.2) is 4.79 Å². The van der Waals surface area contributed by atoms with Crippen LogP contribution in [0.1, 0.15) is 92.4 Å². The van der Waals surface area contributed by atoms with Crippen LogP contribution in [0.15, 0.2) is 0 Å². The van der Waals surface area contributed by atoms with Crippen LogP contribution in [0.3, 0.4) is 0 Å². The number of aliphatic hydroxyl groups is 2. The first-order valence-corrected chi connectivity index (χ1v) is 14.5. The van der Waals surface area contributed by atoms with Crippen LogP contribution in [-0.2, 0) is 9.47 Å². The standard InChI is InChI=1S/C30H51NO5/c1-18(14-19(35-6)16-31-25(34)36-7)20-15-24(33)28(5)22-9-8-21-26(2,3)23(32)10-11-29(21)17-30(22,29)13-12-27(20,28)4/h18-24,32-33H,8-17H2,1-7H3,(H,31,34)/t18-,19?,20-,21+,22?,23?,24+,27?,28-,29?,30?/m1/s1. The Morgan fingerprint density at radius 3 is 2.31 bits per heavy atom. The van der Waals surface area contributed by atoms with Crippen molar-refractivity contribution in [2.75, 3.05) is 20.8 Å². The van der Waals surface area contributed by atoms with Crippen molar-refractivity contribution < 1.29 is 24.5 Å². The summed E-state index contributed by atoms with van der Waals surface area (Å²) in [5.74, 6) is 1.99. The molecule has 36 heavy (non-hydrogen) atoms. The van der Waals surface area contributed by atoms with E-state index >= 15 is 0 Å². The number of amides is 1. The third-order valence-electron chi connectivity index (χ3n) is 13.5. The average molecular weight is 506 g/mol. The van der Waals surface area contributed by atoms with Gasteiger partial charge in [0.15, 0.2) is 0 Å². The molecule has 3 N–H and O–H groups in total. The van der Waals surface area contributed by atoms with E-state index in [1.54, 1.807) is 7.11 Å². The maximum atomic E-state index is 11.8. The highest BCUT2D eigenvalue weighted by Crippen LogP contribution is 2.89. The van der Waals surface area contributed by atoms with E-state index in [0.29, 0.717) is 41.0 Å². The Kier molecular flexibility index (Phi) is 6.37. The Balaban J connectivity index is 1.38. The van der Waals surface area contributed by atoms with Crippen molar-refractivity contribution in [2.24, 2.45) is 50.7 Å². The molecule has 2 spiro atoms. The van der Waals surface area contributed by atoms with Gasteiger partial charge < -0.3 is 25.0 Å². The van der Waals surface area contributed by atoms with E-state index in [1.807, 2.05) is 0 Å². The first-order valence-electron chi connectivity index (χ1n) is 14.5. The second kappa shape index (κ2) is 8.58. The monoisotopic (exact) mass is 505 g/mol. The highest BCUT2D eigenvalue weighted by Gasteiger charge is 2.83. The third-order valence-corrected chi connectivity index (χ3v) is 13.5. The third kappa shape index (κ3) is 3.28. The number of nitrogens with one attached hydrogen (secondary N) is 1. The molecule has 0 radical (unpaired) electrons. The van der Waals surface area contributed by atoms with Crippen molar-refractivity contribution in [1.29, 1.82) is 0 Å². The SMILES string of the molecule is COC(=O)NCC(C[C@@H](C)[C@H]1C[C@H](O)[C@@]2(C)C3CC[C@H]4C(C)(C)C(O)CCC45CC35CCC12C)OC. The van der Waals surface area contributed by atoms with Gasteiger partial charge >= 0.3 is 6.09 Å². The largest absolute Gasteiger partial charge is 0.453 e. The van der Waals surface area contributed by atoms with Crippen molar-refractivity contribution in [3.05, 3.63) is 0 Å². The summed E-state index contributed by atoms with van der Waals surface area (Å²) in [5, 5.41) is 25.5. The molecule has 6 unspecified atom stereocenters. The van der Waals surface area contributed by atoms with Crippen LogP contribution in [-0.4, -0.2) is 55.4 Å². The number of hydrogen-bond donors (Lipinski definition) is 3. The topological polar surface area (TPSA) is 88.0 Å². The van der Waals surface area contributed by atoms with Gasteiger partial charge in [0.2, 0.25) is 0 Å². The average Bonchev–Trinajstić information content (AvgIpc) is 3.46. The molecule has 6 heteroatoms. The lowest BCUT2D eigenvalue weighted by Gasteiger charge is -2.63. The van der Waals surface area contributed by atoms with Crippen LogP contribution >= 0.6 is 0 Å². The number of alkyl carbamates (subject to hydrolysis) is 1. The summed E-state index contributed by atoms with van der Waals surface area (Å²) in [6.07, 6.45) is 9.04. The molecule has 6 nitrogen and oxygen atoms in total. The smallest absolute Gasteiger partial charge is 0.406 e. The fraction of sp³-hybridized carbons (Fsp3) is 0.967. The van der Waals surface area contributed by atoms with Crippen LogP contribution in [0.25, 0.3) is 0 Å². The fourth-order valence-electron chi connectivity index (χ4n) is 11.4. The van der Waals surface area contributed by atoms with Crippen molar-refractivity contribution in [3.63, 3.8) is 0 Å². The van der Waals surface area contributed by atoms with Gasteiger partial charge in [0, 0.05) is 19.1 Å². The molecule has 1 amide bonds. The van der Waals surface area contributed by atoms with E-state index < -0.39 is 6.09 Å². The fourth-order valence-corrected chi connectivity index (χ4v) is 11.4. The maximum Gasteiger partial charge on any atom is 0.406 e. The lowest BCUT2D eigenvalue weighted by molar-refractivity contribution is -0.182. The Morgan fingerprint density at radius 1 is 0.972 bits per heavy atom. The van der Waals surface area contributed by atoms with E-state index in [1.165, 1.54) is 45.6 Å². The minimum Gasteiger partial charge on any atom is -0.453 e. The first-order chi connectivity index (χ1) is 16.8. The van der Waals surface area contributed by atoms with E-state index in [4.69, 9.17) is 9.47 Å². The number of ether oxygens (including phenoxy) is 2. The number of rotatable bonds is 6. The summed E-state index contributed by atoms with van der Waals surface area (Å²) in [7, 11) is 3.09. The normalized spacial score (nSPS) is 50.1.